The topological polar surface area (TPSA) is 113 Å². The molecular weight excluding hydrogens is 290 g/mol. The molecule has 0 unspecified atom stereocenters. The minimum atomic E-state index is -0.623. The number of anilines is 1. The van der Waals surface area contributed by atoms with Crippen molar-refractivity contribution in [3.8, 4) is 17.2 Å². The zero-order valence-corrected chi connectivity index (χ0v) is 11.1. The Labute approximate surface area is 123 Å². The number of pyridine rings is 1. The summed E-state index contributed by atoms with van der Waals surface area (Å²) in [6.45, 7) is 0.101. The highest BCUT2D eigenvalue weighted by Gasteiger charge is 2.32. The van der Waals surface area contributed by atoms with Crippen LogP contribution in [0.3, 0.4) is 0 Å². The highest BCUT2D eigenvalue weighted by molar-refractivity contribution is 6.23. The maximum atomic E-state index is 12.3. The Hall–Kier alpha value is -3.29. The van der Waals surface area contributed by atoms with Gasteiger partial charge in [0.05, 0.1) is 16.8 Å². The zero-order chi connectivity index (χ0) is 15.4. The predicted molar refractivity (Wildman–Crippen MR) is 74.4 cm³/mol. The van der Waals surface area contributed by atoms with E-state index in [1.54, 1.807) is 18.2 Å². The average Bonchev–Trinajstić information content (AvgIpc) is 3.03. The van der Waals surface area contributed by atoms with E-state index in [1.807, 2.05) is 0 Å². The standard InChI is InChI=1S/C14H9N3O5/c15-12-11-7(13(19)16-14(11)20)4-10(18)17(12)6-1-2-8-9(3-6)22-5-21-8/h1-4H,5,15H2,(H,16,19,20). The molecule has 110 valence electrons. The van der Waals surface area contributed by atoms with Crippen LogP contribution in [0.25, 0.3) is 5.69 Å². The van der Waals surface area contributed by atoms with Crippen molar-refractivity contribution in [1.29, 1.82) is 0 Å². The van der Waals surface area contributed by atoms with Crippen LogP contribution in [-0.2, 0) is 0 Å². The van der Waals surface area contributed by atoms with E-state index in [-0.39, 0.29) is 23.7 Å². The van der Waals surface area contributed by atoms with Gasteiger partial charge in [0, 0.05) is 12.1 Å². The molecule has 3 N–H and O–H groups in total. The number of hydrogen-bond donors (Lipinski definition) is 2. The molecule has 8 heteroatoms. The molecule has 0 spiro atoms. The Morgan fingerprint density at radius 1 is 1.05 bits per heavy atom. The van der Waals surface area contributed by atoms with Gasteiger partial charge in [0.1, 0.15) is 5.82 Å². The highest BCUT2D eigenvalue weighted by Crippen LogP contribution is 2.34. The molecule has 1 aromatic carbocycles. The lowest BCUT2D eigenvalue weighted by molar-refractivity contribution is 0.0880. The normalized spacial score (nSPS) is 14.9. The largest absolute Gasteiger partial charge is 0.454 e. The van der Waals surface area contributed by atoms with E-state index < -0.39 is 17.4 Å². The lowest BCUT2D eigenvalue weighted by Gasteiger charge is -2.12. The molecule has 3 heterocycles. The van der Waals surface area contributed by atoms with E-state index in [2.05, 4.69) is 5.32 Å². The summed E-state index contributed by atoms with van der Waals surface area (Å²) in [5.41, 5.74) is 5.84. The molecule has 0 saturated carbocycles. The SMILES string of the molecule is Nc1c2c(cc(=O)n1-c1ccc3c(c1)OCO3)C(=O)NC2=O. The Kier molecular flexibility index (Phi) is 2.32. The van der Waals surface area contributed by atoms with Crippen LogP contribution >= 0.6 is 0 Å². The van der Waals surface area contributed by atoms with Crippen LogP contribution < -0.4 is 26.1 Å². The third-order valence-corrected chi connectivity index (χ3v) is 3.57. The molecule has 0 aliphatic carbocycles. The number of nitrogens with one attached hydrogen (secondary N) is 1. The number of nitrogens with two attached hydrogens (primary N) is 1. The third kappa shape index (κ3) is 1.54. The minimum absolute atomic E-state index is 0.00210. The van der Waals surface area contributed by atoms with Gasteiger partial charge in [0.25, 0.3) is 17.4 Å². The highest BCUT2D eigenvalue weighted by atomic mass is 16.7. The van der Waals surface area contributed by atoms with Gasteiger partial charge in [-0.15, -0.1) is 0 Å². The number of nitrogens with zero attached hydrogens (tertiary/aromatic N) is 1. The number of amides is 2. The summed E-state index contributed by atoms with van der Waals surface area (Å²) in [7, 11) is 0. The molecule has 0 atom stereocenters. The molecule has 1 aromatic heterocycles. The van der Waals surface area contributed by atoms with E-state index in [1.165, 1.54) is 0 Å². The Bertz CT molecular complexity index is 915. The van der Waals surface area contributed by atoms with Crippen molar-refractivity contribution in [2.75, 3.05) is 12.5 Å². The summed E-state index contributed by atoms with van der Waals surface area (Å²) < 4.78 is 11.6. The molecule has 2 aliphatic rings. The van der Waals surface area contributed by atoms with Crippen molar-refractivity contribution in [2.24, 2.45) is 0 Å². The van der Waals surface area contributed by atoms with Crippen molar-refractivity contribution < 1.29 is 19.1 Å². The lowest BCUT2D eigenvalue weighted by Crippen LogP contribution is -2.24. The summed E-state index contributed by atoms with van der Waals surface area (Å²) >= 11 is 0. The van der Waals surface area contributed by atoms with Gasteiger partial charge in [-0.25, -0.2) is 0 Å². The summed E-state index contributed by atoms with van der Waals surface area (Å²) in [6.07, 6.45) is 0. The van der Waals surface area contributed by atoms with Crippen LogP contribution in [0.15, 0.2) is 29.1 Å². The van der Waals surface area contributed by atoms with Crippen molar-refractivity contribution in [2.45, 2.75) is 0 Å². The first-order chi connectivity index (χ1) is 10.6. The number of fused-ring (bicyclic) bond motifs is 2. The maximum Gasteiger partial charge on any atom is 0.262 e. The number of benzene rings is 1. The molecule has 8 nitrogen and oxygen atoms in total. The zero-order valence-electron chi connectivity index (χ0n) is 11.1. The van der Waals surface area contributed by atoms with Gasteiger partial charge in [-0.3, -0.25) is 24.3 Å². The van der Waals surface area contributed by atoms with E-state index in [0.717, 1.165) is 10.6 Å². The first kappa shape index (κ1) is 12.5. The van der Waals surface area contributed by atoms with Crippen molar-refractivity contribution >= 4 is 17.6 Å². The van der Waals surface area contributed by atoms with Gasteiger partial charge >= 0.3 is 0 Å². The Morgan fingerprint density at radius 3 is 2.64 bits per heavy atom. The molecule has 0 fully saturated rings. The van der Waals surface area contributed by atoms with E-state index in [4.69, 9.17) is 15.2 Å². The number of rotatable bonds is 1. The van der Waals surface area contributed by atoms with Crippen molar-refractivity contribution in [3.63, 3.8) is 0 Å². The number of carbonyl (C=O) groups excluding carboxylic acids is 2. The molecule has 2 aromatic rings. The van der Waals surface area contributed by atoms with Crippen molar-refractivity contribution in [3.05, 3.63) is 45.7 Å². The van der Waals surface area contributed by atoms with Gasteiger partial charge in [-0.2, -0.15) is 0 Å². The fourth-order valence-corrected chi connectivity index (χ4v) is 2.57. The third-order valence-electron chi connectivity index (χ3n) is 3.57. The van der Waals surface area contributed by atoms with Crippen LogP contribution in [0.2, 0.25) is 0 Å². The van der Waals surface area contributed by atoms with Crippen LogP contribution in [0.4, 0.5) is 5.82 Å². The number of imide groups is 1. The molecule has 2 aliphatic heterocycles. The molecule has 0 saturated heterocycles. The second kappa shape index (κ2) is 4.10. The minimum Gasteiger partial charge on any atom is -0.454 e. The lowest BCUT2D eigenvalue weighted by atomic mass is 10.1. The summed E-state index contributed by atoms with van der Waals surface area (Å²) in [5.74, 6) is -0.298. The molecule has 2 amide bonds. The first-order valence-corrected chi connectivity index (χ1v) is 6.37. The number of hydrogen-bond acceptors (Lipinski definition) is 6. The number of carbonyl (C=O) groups is 2. The predicted octanol–water partition coefficient (Wildman–Crippen LogP) is 0.0320. The van der Waals surface area contributed by atoms with Gasteiger partial charge < -0.3 is 15.2 Å². The smallest absolute Gasteiger partial charge is 0.262 e. The molecule has 22 heavy (non-hydrogen) atoms. The van der Waals surface area contributed by atoms with E-state index in [0.29, 0.717) is 17.2 Å². The van der Waals surface area contributed by atoms with E-state index in [9.17, 15) is 14.4 Å². The molecule has 0 bridgehead atoms. The first-order valence-electron chi connectivity index (χ1n) is 6.37. The molecular formula is C14H9N3O5. The van der Waals surface area contributed by atoms with Crippen LogP contribution in [0.5, 0.6) is 11.5 Å². The second-order valence-electron chi connectivity index (χ2n) is 4.81. The average molecular weight is 299 g/mol. The number of ether oxygens (including phenoxy) is 2. The maximum absolute atomic E-state index is 12.3. The summed E-state index contributed by atoms with van der Waals surface area (Å²) in [6, 6.07) is 5.94. The fourth-order valence-electron chi connectivity index (χ4n) is 2.57. The van der Waals surface area contributed by atoms with Gasteiger partial charge in [-0.1, -0.05) is 0 Å². The quantitative estimate of drug-likeness (QED) is 0.718. The number of nitrogen functional groups attached to an aromatic ring is 1. The fraction of sp³-hybridized carbons (Fsp3) is 0.0714. The van der Waals surface area contributed by atoms with Crippen LogP contribution in [0, 0.1) is 0 Å². The van der Waals surface area contributed by atoms with Gasteiger partial charge in [0.15, 0.2) is 11.5 Å². The monoisotopic (exact) mass is 299 g/mol. The molecule has 4 rings (SSSR count). The summed E-state index contributed by atoms with van der Waals surface area (Å²) in [4.78, 5) is 35.7. The summed E-state index contributed by atoms with van der Waals surface area (Å²) in [5, 5.41) is 2.12. The Balaban J connectivity index is 1.97. The van der Waals surface area contributed by atoms with Gasteiger partial charge in [-0.05, 0) is 12.1 Å². The van der Waals surface area contributed by atoms with Crippen LogP contribution in [-0.4, -0.2) is 23.2 Å². The van der Waals surface area contributed by atoms with Crippen LogP contribution in [0.1, 0.15) is 20.7 Å². The van der Waals surface area contributed by atoms with E-state index >= 15 is 0 Å². The van der Waals surface area contributed by atoms with Gasteiger partial charge in [0.2, 0.25) is 6.79 Å². The molecule has 0 radical (unpaired) electrons. The Morgan fingerprint density at radius 2 is 1.82 bits per heavy atom. The number of aromatic nitrogens is 1. The second-order valence-corrected chi connectivity index (χ2v) is 4.81. The van der Waals surface area contributed by atoms with Crippen molar-refractivity contribution in [1.82, 2.24) is 9.88 Å².